The Morgan fingerprint density at radius 2 is 2.05 bits per heavy atom. The Balaban J connectivity index is 0.000000180. The molecule has 98 valence electrons. The number of anilines is 1. The van der Waals surface area contributed by atoms with Gasteiger partial charge in [-0.2, -0.15) is 4.98 Å². The number of hydrogen-bond donors (Lipinski definition) is 1. The average molecular weight is 278 g/mol. The summed E-state index contributed by atoms with van der Waals surface area (Å²) >= 11 is 5.71. The molecule has 6 heteroatoms. The van der Waals surface area contributed by atoms with E-state index < -0.39 is 0 Å². The van der Waals surface area contributed by atoms with E-state index in [1.807, 2.05) is 0 Å². The summed E-state index contributed by atoms with van der Waals surface area (Å²) in [5, 5.41) is 2.63. The predicted molar refractivity (Wildman–Crippen MR) is 73.3 cm³/mol. The molecule has 0 aromatic carbocycles. The van der Waals surface area contributed by atoms with Crippen LogP contribution < -0.4 is 10.1 Å². The Hall–Kier alpha value is -2.14. The van der Waals surface area contributed by atoms with Gasteiger partial charge in [-0.05, 0) is 17.2 Å². The standard InChI is InChI=1S/C7H8ClN3O2.C6H4/c1-4(12)10-5-3-9-7(13-2)11-6(5)8;1-2-5-4-6(5)3-1/h3H,1-2H3,(H,10,12);1-4H. The first kappa shape index (κ1) is 13.3. The van der Waals surface area contributed by atoms with Crippen LogP contribution in [-0.2, 0) is 4.79 Å². The van der Waals surface area contributed by atoms with Crippen LogP contribution in [0.15, 0.2) is 30.5 Å². The third-order valence-corrected chi connectivity index (χ3v) is 2.61. The fourth-order valence-corrected chi connectivity index (χ4v) is 1.56. The molecule has 1 heterocycles. The van der Waals surface area contributed by atoms with E-state index in [4.69, 9.17) is 16.3 Å². The number of rotatable bonds is 2. The molecule has 3 rings (SSSR count). The van der Waals surface area contributed by atoms with Gasteiger partial charge >= 0.3 is 6.01 Å². The minimum absolute atomic E-state index is 0.155. The molecule has 1 aromatic heterocycles. The second-order valence-electron chi connectivity index (χ2n) is 3.82. The number of methoxy groups -OCH3 is 1. The second kappa shape index (κ2) is 5.67. The molecule has 0 atom stereocenters. The van der Waals surface area contributed by atoms with Crippen LogP contribution in [0.5, 0.6) is 6.01 Å². The number of benzene rings is 1. The van der Waals surface area contributed by atoms with Crippen molar-refractivity contribution in [1.82, 2.24) is 9.97 Å². The van der Waals surface area contributed by atoms with E-state index in [1.165, 1.54) is 31.4 Å². The van der Waals surface area contributed by atoms with Crippen LogP contribution in [0.3, 0.4) is 0 Å². The zero-order valence-electron chi connectivity index (χ0n) is 10.5. The van der Waals surface area contributed by atoms with E-state index in [-0.39, 0.29) is 17.1 Å². The highest BCUT2D eigenvalue weighted by Crippen LogP contribution is 2.32. The maximum Gasteiger partial charge on any atom is 0.317 e. The second-order valence-corrected chi connectivity index (χ2v) is 4.18. The number of nitrogens with one attached hydrogen (secondary N) is 1. The normalized spacial score (nSPS) is 10.1. The highest BCUT2D eigenvalue weighted by molar-refractivity contribution is 6.32. The largest absolute Gasteiger partial charge is 0.467 e. The SMILES string of the molecule is COc1ncc(NC(C)=O)c(Cl)n1.c1cc2cc-2c1. The first-order chi connectivity index (χ1) is 9.10. The molecule has 1 amide bonds. The lowest BCUT2D eigenvalue weighted by atomic mass is 10.5. The van der Waals surface area contributed by atoms with Crippen molar-refractivity contribution in [1.29, 1.82) is 0 Å². The molecule has 1 N–H and O–H groups in total. The number of fused-ring (bicyclic) bond motifs is 1. The summed E-state index contributed by atoms with van der Waals surface area (Å²) in [7, 11) is 1.43. The third kappa shape index (κ3) is 3.66. The Morgan fingerprint density at radius 1 is 1.37 bits per heavy atom. The zero-order chi connectivity index (χ0) is 13.8. The van der Waals surface area contributed by atoms with Crippen molar-refractivity contribution >= 4 is 23.2 Å². The monoisotopic (exact) mass is 277 g/mol. The number of ether oxygens (including phenoxy) is 1. The van der Waals surface area contributed by atoms with Gasteiger partial charge in [0.15, 0.2) is 5.15 Å². The Labute approximate surface area is 115 Å². The van der Waals surface area contributed by atoms with Gasteiger partial charge in [-0.15, -0.1) is 0 Å². The first-order valence-corrected chi connectivity index (χ1v) is 5.92. The zero-order valence-corrected chi connectivity index (χ0v) is 11.2. The van der Waals surface area contributed by atoms with Crippen LogP contribution in [0, 0.1) is 0 Å². The van der Waals surface area contributed by atoms with Crippen LogP contribution in [0.4, 0.5) is 5.69 Å². The topological polar surface area (TPSA) is 64.1 Å². The van der Waals surface area contributed by atoms with Crippen molar-refractivity contribution in [2.75, 3.05) is 12.4 Å². The fourth-order valence-electron chi connectivity index (χ4n) is 1.39. The lowest BCUT2D eigenvalue weighted by molar-refractivity contribution is -0.114. The number of carbonyl (C=O) groups excluding carboxylic acids is 1. The average Bonchev–Trinajstić information content (AvgIpc) is 2.99. The molecule has 2 aliphatic rings. The van der Waals surface area contributed by atoms with Crippen LogP contribution in [-0.4, -0.2) is 23.0 Å². The highest BCUT2D eigenvalue weighted by atomic mass is 35.5. The first-order valence-electron chi connectivity index (χ1n) is 5.54. The van der Waals surface area contributed by atoms with E-state index in [2.05, 4.69) is 39.6 Å². The molecular weight excluding hydrogens is 266 g/mol. The molecule has 0 fully saturated rings. The minimum Gasteiger partial charge on any atom is -0.467 e. The van der Waals surface area contributed by atoms with Gasteiger partial charge in [0.25, 0.3) is 0 Å². The quantitative estimate of drug-likeness (QED) is 0.732. The van der Waals surface area contributed by atoms with E-state index >= 15 is 0 Å². The van der Waals surface area contributed by atoms with Gasteiger partial charge in [-0.25, -0.2) is 4.98 Å². The summed E-state index contributed by atoms with van der Waals surface area (Å²) in [5.41, 5.74) is 3.22. The van der Waals surface area contributed by atoms with Crippen LogP contribution in [0.25, 0.3) is 11.1 Å². The molecule has 0 saturated heterocycles. The van der Waals surface area contributed by atoms with Gasteiger partial charge < -0.3 is 10.1 Å². The Morgan fingerprint density at radius 3 is 2.42 bits per heavy atom. The molecule has 2 aliphatic carbocycles. The van der Waals surface area contributed by atoms with E-state index in [1.54, 1.807) is 0 Å². The molecule has 0 radical (unpaired) electrons. The molecule has 0 bridgehead atoms. The molecule has 1 aromatic rings. The van der Waals surface area contributed by atoms with Crippen LogP contribution in [0.1, 0.15) is 6.92 Å². The Bertz CT molecular complexity index is 599. The predicted octanol–water partition coefficient (Wildman–Crippen LogP) is 2.76. The molecule has 19 heavy (non-hydrogen) atoms. The number of carbonyl (C=O) groups is 1. The Kier molecular flexibility index (Phi) is 3.97. The van der Waals surface area contributed by atoms with Gasteiger partial charge in [0.2, 0.25) is 5.91 Å². The van der Waals surface area contributed by atoms with Gasteiger partial charge in [0.1, 0.15) is 0 Å². The third-order valence-electron chi connectivity index (χ3n) is 2.33. The van der Waals surface area contributed by atoms with Gasteiger partial charge in [0.05, 0.1) is 19.0 Å². The lowest BCUT2D eigenvalue weighted by Crippen LogP contribution is -2.07. The van der Waals surface area contributed by atoms with Crippen LogP contribution in [0.2, 0.25) is 5.15 Å². The van der Waals surface area contributed by atoms with Crippen molar-refractivity contribution in [2.24, 2.45) is 0 Å². The number of halogens is 1. The number of hydrogen-bond acceptors (Lipinski definition) is 4. The number of aromatic nitrogens is 2. The van der Waals surface area contributed by atoms with E-state index in [9.17, 15) is 4.79 Å². The summed E-state index contributed by atoms with van der Waals surface area (Å²) in [6.45, 7) is 1.38. The molecule has 0 saturated carbocycles. The van der Waals surface area contributed by atoms with Crippen molar-refractivity contribution < 1.29 is 9.53 Å². The van der Waals surface area contributed by atoms with E-state index in [0.717, 1.165) is 0 Å². The molecule has 5 nitrogen and oxygen atoms in total. The summed E-state index contributed by atoms with van der Waals surface area (Å²) in [4.78, 5) is 18.2. The van der Waals surface area contributed by atoms with Crippen molar-refractivity contribution in [3.8, 4) is 17.1 Å². The minimum atomic E-state index is -0.226. The number of nitrogens with zero attached hydrogens (tertiary/aromatic N) is 2. The van der Waals surface area contributed by atoms with Crippen LogP contribution >= 0.6 is 11.6 Å². The molecule has 0 aliphatic heterocycles. The summed E-state index contributed by atoms with van der Waals surface area (Å²) in [6, 6.07) is 8.65. The smallest absolute Gasteiger partial charge is 0.317 e. The van der Waals surface area contributed by atoms with Crippen molar-refractivity contribution in [3.05, 3.63) is 35.6 Å². The van der Waals surface area contributed by atoms with Gasteiger partial charge in [-0.3, -0.25) is 4.79 Å². The summed E-state index contributed by atoms with van der Waals surface area (Å²) < 4.78 is 4.74. The highest BCUT2D eigenvalue weighted by Gasteiger charge is 2.07. The van der Waals surface area contributed by atoms with E-state index in [0.29, 0.717) is 5.69 Å². The van der Waals surface area contributed by atoms with Crippen molar-refractivity contribution in [2.45, 2.75) is 6.92 Å². The number of amides is 1. The maximum absolute atomic E-state index is 10.7. The molecular formula is C13H12ClN3O2. The summed E-state index contributed by atoms with van der Waals surface area (Å²) in [5.74, 6) is -0.226. The maximum atomic E-state index is 10.7. The van der Waals surface area contributed by atoms with Gasteiger partial charge in [-0.1, -0.05) is 29.8 Å². The fraction of sp³-hybridized carbons (Fsp3) is 0.154. The lowest BCUT2D eigenvalue weighted by Gasteiger charge is -2.03. The molecule has 0 spiro atoms. The summed E-state index contributed by atoms with van der Waals surface area (Å²) in [6.07, 6.45) is 1.38. The molecule has 0 unspecified atom stereocenters. The van der Waals surface area contributed by atoms with Gasteiger partial charge in [0, 0.05) is 6.92 Å². The van der Waals surface area contributed by atoms with Crippen molar-refractivity contribution in [3.63, 3.8) is 0 Å².